The number of carbonyl (C=O) groups excluding carboxylic acids is 1. The van der Waals surface area contributed by atoms with Crippen LogP contribution in [0.25, 0.3) is 0 Å². The van der Waals surface area contributed by atoms with Crippen LogP contribution >= 0.6 is 15.9 Å². The van der Waals surface area contributed by atoms with Crippen molar-refractivity contribution in [3.63, 3.8) is 0 Å². The number of likely N-dealkylation sites (tertiary alicyclic amines) is 1. The number of hydrogen-bond acceptors (Lipinski definition) is 1. The quantitative estimate of drug-likeness (QED) is 0.701. The minimum atomic E-state index is 0.213. The summed E-state index contributed by atoms with van der Waals surface area (Å²) in [4.78, 5) is 13.8. The van der Waals surface area contributed by atoms with Crippen LogP contribution in [0.15, 0.2) is 0 Å². The fourth-order valence-corrected chi connectivity index (χ4v) is 2.18. The zero-order valence-corrected chi connectivity index (χ0v) is 10.2. The molecule has 0 aromatic heterocycles. The SMILES string of the molecule is CC1C(=O)N(CCCBr)C(C)C1C. The van der Waals surface area contributed by atoms with E-state index in [9.17, 15) is 4.79 Å². The standard InChI is InChI=1S/C10H18BrNO/c1-7-8(2)10(13)12(9(7)3)6-4-5-11/h7-9H,4-6H2,1-3H3. The molecule has 1 aliphatic rings. The summed E-state index contributed by atoms with van der Waals surface area (Å²) in [6.45, 7) is 7.26. The lowest BCUT2D eigenvalue weighted by Crippen LogP contribution is -2.33. The number of nitrogens with zero attached hydrogens (tertiary/aromatic N) is 1. The lowest BCUT2D eigenvalue weighted by atomic mass is 9.95. The summed E-state index contributed by atoms with van der Waals surface area (Å²) in [5, 5.41) is 0.978. The molecule has 0 N–H and O–H groups in total. The third kappa shape index (κ3) is 2.06. The Hall–Kier alpha value is -0.0500. The maximum atomic E-state index is 11.7. The summed E-state index contributed by atoms with van der Waals surface area (Å²) in [6, 6.07) is 0.418. The van der Waals surface area contributed by atoms with Crippen molar-refractivity contribution < 1.29 is 4.79 Å². The molecule has 1 heterocycles. The van der Waals surface area contributed by atoms with Gasteiger partial charge >= 0.3 is 0 Å². The molecule has 1 amide bonds. The molecule has 0 aromatic rings. The van der Waals surface area contributed by atoms with E-state index in [1.807, 2.05) is 11.8 Å². The maximum Gasteiger partial charge on any atom is 0.225 e. The molecule has 0 radical (unpaired) electrons. The molecule has 13 heavy (non-hydrogen) atoms. The van der Waals surface area contributed by atoms with Crippen molar-refractivity contribution in [2.75, 3.05) is 11.9 Å². The van der Waals surface area contributed by atoms with Crippen LogP contribution in [-0.4, -0.2) is 28.7 Å². The van der Waals surface area contributed by atoms with Crippen LogP contribution in [0.5, 0.6) is 0 Å². The van der Waals surface area contributed by atoms with Crippen molar-refractivity contribution >= 4 is 21.8 Å². The molecule has 0 saturated carbocycles. The van der Waals surface area contributed by atoms with Crippen LogP contribution < -0.4 is 0 Å². The van der Waals surface area contributed by atoms with Crippen molar-refractivity contribution in [1.29, 1.82) is 0 Å². The molecule has 3 heteroatoms. The Kier molecular flexibility index (Phi) is 3.77. The van der Waals surface area contributed by atoms with E-state index in [2.05, 4.69) is 29.8 Å². The molecule has 2 nitrogen and oxygen atoms in total. The molecule has 1 rings (SSSR count). The Balaban J connectivity index is 2.59. The van der Waals surface area contributed by atoms with Gasteiger partial charge in [-0.1, -0.05) is 29.8 Å². The lowest BCUT2D eigenvalue weighted by molar-refractivity contribution is -0.131. The molecule has 0 spiro atoms. The Labute approximate surface area is 88.8 Å². The molecular weight excluding hydrogens is 230 g/mol. The fourth-order valence-electron chi connectivity index (χ4n) is 1.93. The zero-order chi connectivity index (χ0) is 10.0. The van der Waals surface area contributed by atoms with Gasteiger partial charge in [-0.25, -0.2) is 0 Å². The Morgan fingerprint density at radius 2 is 2.00 bits per heavy atom. The van der Waals surface area contributed by atoms with Crippen molar-refractivity contribution in [2.45, 2.75) is 33.2 Å². The number of carbonyl (C=O) groups is 1. The number of alkyl halides is 1. The number of hydrogen-bond donors (Lipinski definition) is 0. The van der Waals surface area contributed by atoms with Crippen LogP contribution in [-0.2, 0) is 4.79 Å². The Morgan fingerprint density at radius 3 is 2.38 bits per heavy atom. The highest BCUT2D eigenvalue weighted by atomic mass is 79.9. The van der Waals surface area contributed by atoms with Crippen LogP contribution in [0.4, 0.5) is 0 Å². The largest absolute Gasteiger partial charge is 0.339 e. The van der Waals surface area contributed by atoms with Gasteiger partial charge in [-0.05, 0) is 19.3 Å². The first kappa shape index (κ1) is 11.0. The highest BCUT2D eigenvalue weighted by molar-refractivity contribution is 9.09. The molecular formula is C10H18BrNO. The van der Waals surface area contributed by atoms with Gasteiger partial charge in [-0.2, -0.15) is 0 Å². The van der Waals surface area contributed by atoms with Crippen molar-refractivity contribution in [2.24, 2.45) is 11.8 Å². The summed E-state index contributed by atoms with van der Waals surface area (Å²) >= 11 is 3.39. The molecule has 3 atom stereocenters. The summed E-state index contributed by atoms with van der Waals surface area (Å²) in [5.74, 6) is 1.05. The third-order valence-corrected chi connectivity index (χ3v) is 3.81. The number of amides is 1. The van der Waals surface area contributed by atoms with E-state index in [1.165, 1.54) is 0 Å². The van der Waals surface area contributed by atoms with E-state index in [0.29, 0.717) is 17.9 Å². The Bertz CT molecular complexity index is 195. The minimum Gasteiger partial charge on any atom is -0.339 e. The normalized spacial score (nSPS) is 34.3. The van der Waals surface area contributed by atoms with Gasteiger partial charge in [0.05, 0.1) is 0 Å². The van der Waals surface area contributed by atoms with Crippen LogP contribution in [0.3, 0.4) is 0 Å². The number of rotatable bonds is 3. The highest BCUT2D eigenvalue weighted by Crippen LogP contribution is 2.30. The van der Waals surface area contributed by atoms with E-state index < -0.39 is 0 Å². The van der Waals surface area contributed by atoms with E-state index in [1.54, 1.807) is 0 Å². The fraction of sp³-hybridized carbons (Fsp3) is 0.900. The summed E-state index contributed by atoms with van der Waals surface area (Å²) in [7, 11) is 0. The van der Waals surface area contributed by atoms with Gasteiger partial charge < -0.3 is 4.90 Å². The molecule has 76 valence electrons. The second-order valence-electron chi connectivity index (χ2n) is 3.96. The second kappa shape index (κ2) is 4.45. The summed E-state index contributed by atoms with van der Waals surface area (Å²) in [6.07, 6.45) is 1.05. The molecule has 1 saturated heterocycles. The average Bonchev–Trinajstić information content (AvgIpc) is 2.30. The average molecular weight is 248 g/mol. The molecule has 0 aromatic carbocycles. The second-order valence-corrected chi connectivity index (χ2v) is 4.76. The van der Waals surface area contributed by atoms with Gasteiger partial charge in [0.1, 0.15) is 0 Å². The molecule has 3 unspecified atom stereocenters. The number of halogens is 1. The maximum absolute atomic E-state index is 11.7. The van der Waals surface area contributed by atoms with Gasteiger partial charge in [-0.15, -0.1) is 0 Å². The Morgan fingerprint density at radius 1 is 1.38 bits per heavy atom. The third-order valence-electron chi connectivity index (χ3n) is 3.25. The molecule has 0 bridgehead atoms. The van der Waals surface area contributed by atoms with Gasteiger partial charge in [-0.3, -0.25) is 4.79 Å². The van der Waals surface area contributed by atoms with Crippen molar-refractivity contribution in [3.8, 4) is 0 Å². The zero-order valence-electron chi connectivity index (χ0n) is 8.59. The first-order chi connectivity index (χ1) is 6.09. The van der Waals surface area contributed by atoms with Crippen molar-refractivity contribution in [1.82, 2.24) is 4.90 Å². The highest BCUT2D eigenvalue weighted by Gasteiger charge is 2.39. The van der Waals surface area contributed by atoms with E-state index >= 15 is 0 Å². The smallest absolute Gasteiger partial charge is 0.225 e. The van der Waals surface area contributed by atoms with E-state index in [0.717, 1.165) is 18.3 Å². The predicted molar refractivity (Wildman–Crippen MR) is 57.9 cm³/mol. The van der Waals surface area contributed by atoms with Gasteiger partial charge in [0.2, 0.25) is 5.91 Å². The minimum absolute atomic E-state index is 0.213. The van der Waals surface area contributed by atoms with E-state index in [-0.39, 0.29) is 5.92 Å². The van der Waals surface area contributed by atoms with Crippen LogP contribution in [0, 0.1) is 11.8 Å². The monoisotopic (exact) mass is 247 g/mol. The first-order valence-corrected chi connectivity index (χ1v) is 6.08. The van der Waals surface area contributed by atoms with Crippen LogP contribution in [0.1, 0.15) is 27.2 Å². The molecule has 1 fully saturated rings. The van der Waals surface area contributed by atoms with Crippen molar-refractivity contribution in [3.05, 3.63) is 0 Å². The van der Waals surface area contributed by atoms with Crippen LogP contribution in [0.2, 0.25) is 0 Å². The molecule has 0 aliphatic carbocycles. The molecule has 1 aliphatic heterocycles. The topological polar surface area (TPSA) is 20.3 Å². The first-order valence-electron chi connectivity index (χ1n) is 4.96. The summed E-state index contributed by atoms with van der Waals surface area (Å²) in [5.41, 5.74) is 0. The predicted octanol–water partition coefficient (Wildman–Crippen LogP) is 2.27. The lowest BCUT2D eigenvalue weighted by Gasteiger charge is -2.22. The van der Waals surface area contributed by atoms with Gasteiger partial charge in [0.25, 0.3) is 0 Å². The van der Waals surface area contributed by atoms with E-state index in [4.69, 9.17) is 0 Å². The van der Waals surface area contributed by atoms with Gasteiger partial charge in [0.15, 0.2) is 0 Å². The van der Waals surface area contributed by atoms with Gasteiger partial charge in [0, 0.05) is 23.8 Å². The summed E-state index contributed by atoms with van der Waals surface area (Å²) < 4.78 is 0.